The number of likely N-dealkylation sites (N-methyl/N-ethyl adjacent to an activating group) is 1. The fraction of sp³-hybridized carbons (Fsp3) is 0.429. The van der Waals surface area contributed by atoms with Gasteiger partial charge in [0, 0.05) is 25.8 Å². The van der Waals surface area contributed by atoms with Crippen molar-refractivity contribution in [1.29, 1.82) is 5.26 Å². The zero-order valence-corrected chi connectivity index (χ0v) is 17.1. The summed E-state index contributed by atoms with van der Waals surface area (Å²) in [6, 6.07) is 5.56. The highest BCUT2D eigenvalue weighted by Gasteiger charge is 2.27. The maximum absolute atomic E-state index is 13.3. The van der Waals surface area contributed by atoms with Crippen LogP contribution in [0.25, 0.3) is 11.7 Å². The topological polar surface area (TPSA) is 99.7 Å². The van der Waals surface area contributed by atoms with Crippen molar-refractivity contribution >= 4 is 23.4 Å². The maximum atomic E-state index is 13.3. The first-order chi connectivity index (χ1) is 13.8. The molecule has 2 atom stereocenters. The third kappa shape index (κ3) is 4.15. The molecule has 8 nitrogen and oxygen atoms in total. The second-order valence-electron chi connectivity index (χ2n) is 7.23. The van der Waals surface area contributed by atoms with E-state index < -0.39 is 5.91 Å². The summed E-state index contributed by atoms with van der Waals surface area (Å²) in [7, 11) is 0. The van der Waals surface area contributed by atoms with Gasteiger partial charge in [-0.15, -0.1) is 0 Å². The Morgan fingerprint density at radius 1 is 1.41 bits per heavy atom. The third-order valence-corrected chi connectivity index (χ3v) is 4.77. The molecule has 1 fully saturated rings. The Labute approximate surface area is 169 Å². The van der Waals surface area contributed by atoms with Crippen molar-refractivity contribution in [1.82, 2.24) is 14.7 Å². The number of morpholine rings is 1. The smallest absolute Gasteiger partial charge is 0.267 e. The van der Waals surface area contributed by atoms with Gasteiger partial charge in [-0.3, -0.25) is 14.0 Å². The Balaban J connectivity index is 2.26. The number of carbonyl (C=O) groups excluding carboxylic acids is 1. The van der Waals surface area contributed by atoms with Crippen molar-refractivity contribution in [2.45, 2.75) is 39.9 Å². The van der Waals surface area contributed by atoms with E-state index in [0.29, 0.717) is 31.1 Å². The summed E-state index contributed by atoms with van der Waals surface area (Å²) in [5.74, 6) is -0.0539. The summed E-state index contributed by atoms with van der Waals surface area (Å²) in [4.78, 5) is 32.3. The normalized spacial score (nSPS) is 19.8. The van der Waals surface area contributed by atoms with Crippen LogP contribution in [-0.4, -0.2) is 47.1 Å². The van der Waals surface area contributed by atoms with Crippen LogP contribution in [0.1, 0.15) is 31.9 Å². The lowest BCUT2D eigenvalue weighted by molar-refractivity contribution is -0.116. The van der Waals surface area contributed by atoms with Gasteiger partial charge in [-0.25, -0.2) is 4.98 Å². The molecule has 8 heteroatoms. The summed E-state index contributed by atoms with van der Waals surface area (Å²) in [5.41, 5.74) is 1.18. The van der Waals surface area contributed by atoms with E-state index in [4.69, 9.17) is 9.72 Å². The number of anilines is 1. The molecular formula is C21H25N5O3. The van der Waals surface area contributed by atoms with Crippen LogP contribution >= 0.6 is 0 Å². The number of fused-ring (bicyclic) bond motifs is 1. The minimum Gasteiger partial charge on any atom is -0.372 e. The first-order valence-electron chi connectivity index (χ1n) is 9.68. The number of pyridine rings is 1. The molecule has 3 heterocycles. The van der Waals surface area contributed by atoms with Crippen LogP contribution in [0.5, 0.6) is 0 Å². The Morgan fingerprint density at radius 3 is 2.72 bits per heavy atom. The van der Waals surface area contributed by atoms with Gasteiger partial charge in [0.05, 0.1) is 17.8 Å². The van der Waals surface area contributed by atoms with E-state index in [1.807, 2.05) is 37.8 Å². The second-order valence-corrected chi connectivity index (χ2v) is 7.23. The SMILES string of the molecule is CCNC(=O)C(C#N)=Cc1c(N2CC(C)OC(C)C2)nc2c(C)cccn2c1=O. The van der Waals surface area contributed by atoms with E-state index in [1.54, 1.807) is 19.2 Å². The van der Waals surface area contributed by atoms with Gasteiger partial charge in [0.1, 0.15) is 23.1 Å². The number of rotatable bonds is 4. The zero-order chi connectivity index (χ0) is 21.1. The highest BCUT2D eigenvalue weighted by atomic mass is 16.5. The predicted octanol–water partition coefficient (Wildman–Crippen LogP) is 1.66. The zero-order valence-electron chi connectivity index (χ0n) is 17.1. The highest BCUT2D eigenvalue weighted by molar-refractivity contribution is 6.02. The van der Waals surface area contributed by atoms with Gasteiger partial charge in [0.2, 0.25) is 0 Å². The first-order valence-corrected chi connectivity index (χ1v) is 9.68. The molecule has 1 saturated heterocycles. The Bertz CT molecular complexity index is 1060. The van der Waals surface area contributed by atoms with E-state index in [9.17, 15) is 14.9 Å². The minimum atomic E-state index is -0.515. The number of ether oxygens (including phenoxy) is 1. The molecule has 2 aromatic rings. The Morgan fingerprint density at radius 2 is 2.10 bits per heavy atom. The molecule has 29 heavy (non-hydrogen) atoms. The molecule has 152 valence electrons. The van der Waals surface area contributed by atoms with Crippen LogP contribution < -0.4 is 15.8 Å². The maximum Gasteiger partial charge on any atom is 0.267 e. The fourth-order valence-electron chi connectivity index (χ4n) is 3.57. The number of nitriles is 1. The Kier molecular flexibility index (Phi) is 5.99. The van der Waals surface area contributed by atoms with Crippen LogP contribution in [0, 0.1) is 18.3 Å². The molecule has 3 rings (SSSR count). The highest BCUT2D eigenvalue weighted by Crippen LogP contribution is 2.24. The lowest BCUT2D eigenvalue weighted by Crippen LogP contribution is -2.46. The number of nitrogens with zero attached hydrogens (tertiary/aromatic N) is 4. The van der Waals surface area contributed by atoms with Crippen molar-refractivity contribution in [3.63, 3.8) is 0 Å². The van der Waals surface area contributed by atoms with Crippen molar-refractivity contribution < 1.29 is 9.53 Å². The quantitative estimate of drug-likeness (QED) is 0.624. The molecule has 1 aliphatic heterocycles. The van der Waals surface area contributed by atoms with E-state index >= 15 is 0 Å². The van der Waals surface area contributed by atoms with Crippen molar-refractivity contribution in [3.8, 4) is 6.07 Å². The molecule has 1 N–H and O–H groups in total. The van der Waals surface area contributed by atoms with Crippen LogP contribution in [0.3, 0.4) is 0 Å². The molecule has 0 aliphatic carbocycles. The van der Waals surface area contributed by atoms with Crippen molar-refractivity contribution in [3.05, 3.63) is 45.4 Å². The van der Waals surface area contributed by atoms with Crippen LogP contribution in [-0.2, 0) is 9.53 Å². The summed E-state index contributed by atoms with van der Waals surface area (Å²) in [6.45, 7) is 9.09. The lowest BCUT2D eigenvalue weighted by Gasteiger charge is -2.36. The second kappa shape index (κ2) is 8.45. The van der Waals surface area contributed by atoms with Gasteiger partial charge in [-0.05, 0) is 45.4 Å². The minimum absolute atomic E-state index is 0.0356. The van der Waals surface area contributed by atoms with Gasteiger partial charge in [0.25, 0.3) is 11.5 Å². The van der Waals surface area contributed by atoms with Gasteiger partial charge < -0.3 is 15.0 Å². The van der Waals surface area contributed by atoms with Gasteiger partial charge in [-0.1, -0.05) is 6.07 Å². The van der Waals surface area contributed by atoms with E-state index in [0.717, 1.165) is 5.56 Å². The molecule has 0 saturated carbocycles. The van der Waals surface area contributed by atoms with Gasteiger partial charge in [0.15, 0.2) is 0 Å². The standard InChI is InChI=1S/C21H25N5O3/c1-5-23-20(27)16(10-22)9-17-19(25-11-14(3)29-15(4)12-25)24-18-13(2)7-6-8-26(18)21(17)28/h6-9,14-15H,5,11-12H2,1-4H3,(H,23,27). The largest absolute Gasteiger partial charge is 0.372 e. The first kappa shape index (κ1) is 20.6. The molecule has 0 aromatic carbocycles. The summed E-state index contributed by atoms with van der Waals surface area (Å²) >= 11 is 0. The van der Waals surface area contributed by atoms with Crippen molar-refractivity contribution in [2.75, 3.05) is 24.5 Å². The summed E-state index contributed by atoms with van der Waals surface area (Å²) in [5, 5.41) is 12.1. The molecule has 1 aliphatic rings. The lowest BCUT2D eigenvalue weighted by atomic mass is 10.1. The van der Waals surface area contributed by atoms with E-state index in [1.165, 1.54) is 10.5 Å². The average molecular weight is 395 g/mol. The molecule has 2 unspecified atom stereocenters. The number of nitrogens with one attached hydrogen (secondary N) is 1. The van der Waals surface area contributed by atoms with Gasteiger partial charge in [-0.2, -0.15) is 5.26 Å². The molecule has 1 amide bonds. The van der Waals surface area contributed by atoms with Crippen LogP contribution in [0.2, 0.25) is 0 Å². The van der Waals surface area contributed by atoms with Crippen LogP contribution in [0.15, 0.2) is 28.7 Å². The number of aryl methyl sites for hydroxylation is 1. The average Bonchev–Trinajstić information content (AvgIpc) is 2.67. The summed E-state index contributed by atoms with van der Waals surface area (Å²) < 4.78 is 7.26. The number of hydrogen-bond donors (Lipinski definition) is 1. The number of carbonyl (C=O) groups is 1. The monoisotopic (exact) mass is 395 g/mol. The predicted molar refractivity (Wildman–Crippen MR) is 111 cm³/mol. The van der Waals surface area contributed by atoms with Crippen molar-refractivity contribution in [2.24, 2.45) is 0 Å². The van der Waals surface area contributed by atoms with Gasteiger partial charge >= 0.3 is 0 Å². The van der Waals surface area contributed by atoms with Crippen LogP contribution in [0.4, 0.5) is 5.82 Å². The fourth-order valence-corrected chi connectivity index (χ4v) is 3.57. The third-order valence-electron chi connectivity index (χ3n) is 4.77. The van der Waals surface area contributed by atoms with E-state index in [-0.39, 0.29) is 28.9 Å². The molecule has 0 radical (unpaired) electrons. The van der Waals surface area contributed by atoms with E-state index in [2.05, 4.69) is 5.32 Å². The Hall–Kier alpha value is -3.18. The number of hydrogen-bond acceptors (Lipinski definition) is 6. The number of aromatic nitrogens is 2. The summed E-state index contributed by atoms with van der Waals surface area (Å²) in [6.07, 6.45) is 2.91. The molecular weight excluding hydrogens is 370 g/mol. The molecule has 2 aromatic heterocycles. The molecule has 0 spiro atoms. The number of amides is 1. The molecule has 0 bridgehead atoms.